The fourth-order valence-electron chi connectivity index (χ4n) is 3.92. The van der Waals surface area contributed by atoms with Gasteiger partial charge in [-0.1, -0.05) is 0 Å². The van der Waals surface area contributed by atoms with Crippen LogP contribution in [0.5, 0.6) is 5.75 Å². The summed E-state index contributed by atoms with van der Waals surface area (Å²) in [5.41, 5.74) is 0.641. The smallest absolute Gasteiger partial charge is 0.406 e. The first-order valence-corrected chi connectivity index (χ1v) is 9.56. The molecule has 3 heterocycles. The summed E-state index contributed by atoms with van der Waals surface area (Å²) in [6.45, 7) is 0.277. The summed E-state index contributed by atoms with van der Waals surface area (Å²) in [4.78, 5) is 40.5. The van der Waals surface area contributed by atoms with Crippen LogP contribution >= 0.6 is 0 Å². The molecule has 1 N–H and O–H groups in total. The number of hydrogen-bond donors (Lipinski definition) is 1. The van der Waals surface area contributed by atoms with Gasteiger partial charge in [0.05, 0.1) is 5.69 Å². The Kier molecular flexibility index (Phi) is 5.11. The molecule has 2 fully saturated rings. The summed E-state index contributed by atoms with van der Waals surface area (Å²) in [7, 11) is 1.75. The molecule has 4 amide bonds. The summed E-state index contributed by atoms with van der Waals surface area (Å²) in [5, 5.41) is 2.90. The molecule has 31 heavy (non-hydrogen) atoms. The van der Waals surface area contributed by atoms with Crippen LogP contribution in [0.3, 0.4) is 0 Å². The molecule has 2 unspecified atom stereocenters. The van der Waals surface area contributed by atoms with Crippen LogP contribution in [0.2, 0.25) is 0 Å². The number of anilines is 1. The largest absolute Gasteiger partial charge is 0.573 e. The molecular weight excluding hydrogens is 417 g/mol. The monoisotopic (exact) mass is 436 g/mol. The lowest BCUT2D eigenvalue weighted by Crippen LogP contribution is -2.50. The Balaban J connectivity index is 1.45. The number of hydrogen-bond acceptors (Lipinski definition) is 4. The molecular formula is C20H19F3N4O4. The maximum atomic E-state index is 12.9. The van der Waals surface area contributed by atoms with Gasteiger partial charge >= 0.3 is 12.4 Å². The molecule has 0 saturated carbocycles. The molecule has 2 aliphatic rings. The molecule has 0 aliphatic carbocycles. The van der Waals surface area contributed by atoms with Gasteiger partial charge in [-0.25, -0.2) is 9.69 Å². The van der Waals surface area contributed by atoms with Crippen LogP contribution < -0.4 is 15.0 Å². The van der Waals surface area contributed by atoms with Gasteiger partial charge in [0, 0.05) is 25.8 Å². The van der Waals surface area contributed by atoms with E-state index in [2.05, 4.69) is 10.1 Å². The van der Waals surface area contributed by atoms with Crippen LogP contribution in [-0.4, -0.2) is 52.3 Å². The average Bonchev–Trinajstić information content (AvgIpc) is 3.23. The Morgan fingerprint density at radius 2 is 1.87 bits per heavy atom. The first-order valence-electron chi connectivity index (χ1n) is 9.56. The standard InChI is InChI=1S/C20H19F3N4O4/c1-25-9-2-3-15(25)17(28)24-12-8-10-26-16(11-12)18(29)27(19(26)30)13-4-6-14(7-5-13)31-20(21,22)23/h2-7,9,12,16H,8,10-11H2,1H3,(H,24,28). The van der Waals surface area contributed by atoms with E-state index in [1.807, 2.05) is 0 Å². The predicted molar refractivity (Wildman–Crippen MR) is 102 cm³/mol. The van der Waals surface area contributed by atoms with Gasteiger partial charge in [-0.3, -0.25) is 9.59 Å². The van der Waals surface area contributed by atoms with Crippen molar-refractivity contribution in [1.29, 1.82) is 0 Å². The van der Waals surface area contributed by atoms with E-state index in [-0.39, 0.29) is 30.6 Å². The molecule has 2 aromatic rings. The van der Waals surface area contributed by atoms with E-state index in [4.69, 9.17) is 0 Å². The van der Waals surface area contributed by atoms with Gasteiger partial charge < -0.3 is 19.5 Å². The van der Waals surface area contributed by atoms with Crippen molar-refractivity contribution in [2.45, 2.75) is 31.3 Å². The Labute approximate surface area is 175 Å². The number of imide groups is 1. The van der Waals surface area contributed by atoms with Crippen molar-refractivity contribution in [2.24, 2.45) is 7.05 Å². The number of rotatable bonds is 4. The highest BCUT2D eigenvalue weighted by Gasteiger charge is 2.48. The van der Waals surface area contributed by atoms with Crippen LogP contribution in [-0.2, 0) is 11.8 Å². The third-order valence-electron chi connectivity index (χ3n) is 5.39. The van der Waals surface area contributed by atoms with Crippen molar-refractivity contribution in [3.05, 3.63) is 48.3 Å². The number of urea groups is 1. The van der Waals surface area contributed by atoms with Gasteiger partial charge in [0.1, 0.15) is 17.5 Å². The molecule has 0 bridgehead atoms. The van der Waals surface area contributed by atoms with E-state index < -0.39 is 30.1 Å². The summed E-state index contributed by atoms with van der Waals surface area (Å²) >= 11 is 0. The number of aromatic nitrogens is 1. The van der Waals surface area contributed by atoms with E-state index in [1.165, 1.54) is 17.0 Å². The van der Waals surface area contributed by atoms with Gasteiger partial charge in [0.25, 0.3) is 11.8 Å². The number of halogens is 3. The molecule has 2 atom stereocenters. The number of amides is 4. The third-order valence-corrected chi connectivity index (χ3v) is 5.39. The van der Waals surface area contributed by atoms with Crippen molar-refractivity contribution in [3.8, 4) is 5.75 Å². The summed E-state index contributed by atoms with van der Waals surface area (Å²) in [6.07, 6.45) is -2.34. The van der Waals surface area contributed by atoms with Gasteiger partial charge in [-0.15, -0.1) is 13.2 Å². The lowest BCUT2D eigenvalue weighted by molar-refractivity contribution is -0.274. The van der Waals surface area contributed by atoms with Gasteiger partial charge in [-0.05, 0) is 49.2 Å². The number of aryl methyl sites for hydroxylation is 1. The van der Waals surface area contributed by atoms with E-state index in [1.54, 1.807) is 29.9 Å². The number of nitrogens with zero attached hydrogens (tertiary/aromatic N) is 3. The number of nitrogens with one attached hydrogen (secondary N) is 1. The molecule has 11 heteroatoms. The second-order valence-electron chi connectivity index (χ2n) is 7.41. The van der Waals surface area contributed by atoms with Crippen LogP contribution in [0, 0.1) is 0 Å². The Bertz CT molecular complexity index is 1020. The van der Waals surface area contributed by atoms with E-state index in [0.717, 1.165) is 17.0 Å². The number of fused-ring (bicyclic) bond motifs is 1. The van der Waals surface area contributed by atoms with Crippen LogP contribution in [0.4, 0.5) is 23.7 Å². The molecule has 0 spiro atoms. The summed E-state index contributed by atoms with van der Waals surface area (Å²) in [6, 6.07) is 6.41. The molecule has 164 valence electrons. The molecule has 1 aromatic carbocycles. The minimum atomic E-state index is -4.83. The molecule has 4 rings (SSSR count). The topological polar surface area (TPSA) is 83.9 Å². The number of carbonyl (C=O) groups excluding carboxylic acids is 3. The second-order valence-corrected chi connectivity index (χ2v) is 7.41. The normalized spacial score (nSPS) is 21.3. The Morgan fingerprint density at radius 1 is 1.16 bits per heavy atom. The number of alkyl halides is 3. The van der Waals surface area contributed by atoms with Crippen LogP contribution in [0.15, 0.2) is 42.6 Å². The zero-order chi connectivity index (χ0) is 22.3. The van der Waals surface area contributed by atoms with Crippen molar-refractivity contribution < 1.29 is 32.3 Å². The maximum Gasteiger partial charge on any atom is 0.573 e. The first-order chi connectivity index (χ1) is 14.6. The Morgan fingerprint density at radius 3 is 2.48 bits per heavy atom. The quantitative estimate of drug-likeness (QED) is 0.747. The number of benzene rings is 1. The van der Waals surface area contributed by atoms with Crippen LogP contribution in [0.25, 0.3) is 0 Å². The van der Waals surface area contributed by atoms with Gasteiger partial charge in [0.2, 0.25) is 0 Å². The van der Waals surface area contributed by atoms with E-state index in [0.29, 0.717) is 12.1 Å². The van der Waals surface area contributed by atoms with Crippen molar-refractivity contribution in [3.63, 3.8) is 0 Å². The summed E-state index contributed by atoms with van der Waals surface area (Å²) in [5.74, 6) is -1.19. The first kappa shape index (κ1) is 20.8. The third kappa shape index (κ3) is 4.07. The molecule has 2 aliphatic heterocycles. The van der Waals surface area contributed by atoms with Crippen molar-refractivity contribution in [2.75, 3.05) is 11.4 Å². The molecule has 1 aromatic heterocycles. The zero-order valence-corrected chi connectivity index (χ0v) is 16.4. The Hall–Kier alpha value is -3.50. The molecule has 2 saturated heterocycles. The summed E-state index contributed by atoms with van der Waals surface area (Å²) < 4.78 is 42.5. The minimum Gasteiger partial charge on any atom is -0.406 e. The number of piperidine rings is 1. The van der Waals surface area contributed by atoms with Crippen LogP contribution in [0.1, 0.15) is 23.3 Å². The fraction of sp³-hybridized carbons (Fsp3) is 0.350. The average molecular weight is 436 g/mol. The maximum absolute atomic E-state index is 12.9. The zero-order valence-electron chi connectivity index (χ0n) is 16.4. The van der Waals surface area contributed by atoms with E-state index >= 15 is 0 Å². The fourth-order valence-corrected chi connectivity index (χ4v) is 3.92. The highest BCUT2D eigenvalue weighted by molar-refractivity contribution is 6.21. The number of carbonyl (C=O) groups is 3. The number of ether oxygens (including phenoxy) is 1. The highest BCUT2D eigenvalue weighted by atomic mass is 19.4. The van der Waals surface area contributed by atoms with Gasteiger partial charge in [-0.2, -0.15) is 0 Å². The van der Waals surface area contributed by atoms with Gasteiger partial charge in [0.15, 0.2) is 0 Å². The minimum absolute atomic E-state index is 0.156. The molecule has 8 nitrogen and oxygen atoms in total. The lowest BCUT2D eigenvalue weighted by Gasteiger charge is -2.32. The van der Waals surface area contributed by atoms with Crippen molar-refractivity contribution >= 4 is 23.5 Å². The second kappa shape index (κ2) is 7.64. The SMILES string of the molecule is Cn1cccc1C(=O)NC1CCN2C(=O)N(c3ccc(OC(F)(F)F)cc3)C(=O)C2C1. The predicted octanol–water partition coefficient (Wildman–Crippen LogP) is 2.65. The molecule has 0 radical (unpaired) electrons. The lowest BCUT2D eigenvalue weighted by atomic mass is 9.98. The highest BCUT2D eigenvalue weighted by Crippen LogP contribution is 2.32. The van der Waals surface area contributed by atoms with E-state index in [9.17, 15) is 27.6 Å². The van der Waals surface area contributed by atoms with Crippen molar-refractivity contribution in [1.82, 2.24) is 14.8 Å².